The maximum absolute atomic E-state index is 11.8. The summed E-state index contributed by atoms with van der Waals surface area (Å²) in [5.41, 5.74) is 5.67. The van der Waals surface area contributed by atoms with Gasteiger partial charge in [-0.1, -0.05) is 11.6 Å². The van der Waals surface area contributed by atoms with Crippen LogP contribution in [-0.4, -0.2) is 27.8 Å². The number of nitrogens with one attached hydrogen (secondary N) is 1. The van der Waals surface area contributed by atoms with E-state index in [0.29, 0.717) is 35.8 Å². The lowest BCUT2D eigenvalue weighted by atomic mass is 10.3. The number of hydrogen-bond donors (Lipinski definition) is 2. The first-order valence-electron chi connectivity index (χ1n) is 5.52. The standard InChI is InChI=1S/C11H17ClN2O3S/c1-17-11-5-4-9(12)8-10(11)14-18(15,16)7-3-2-6-13/h4-5,8,14H,2-3,6-7,13H2,1H3. The van der Waals surface area contributed by atoms with E-state index in [2.05, 4.69) is 4.72 Å². The molecular formula is C11H17ClN2O3S. The Morgan fingerprint density at radius 3 is 2.72 bits per heavy atom. The molecule has 3 N–H and O–H groups in total. The second kappa shape index (κ2) is 6.82. The van der Waals surface area contributed by atoms with Gasteiger partial charge >= 0.3 is 0 Å². The minimum atomic E-state index is -3.40. The van der Waals surface area contributed by atoms with Gasteiger partial charge in [0.25, 0.3) is 0 Å². The Hall–Kier alpha value is -0.980. The molecular weight excluding hydrogens is 276 g/mol. The van der Waals surface area contributed by atoms with Crippen LogP contribution in [0.15, 0.2) is 18.2 Å². The number of nitrogens with two attached hydrogens (primary N) is 1. The number of sulfonamides is 1. The number of anilines is 1. The lowest BCUT2D eigenvalue weighted by molar-refractivity contribution is 0.417. The van der Waals surface area contributed by atoms with Crippen LogP contribution in [-0.2, 0) is 10.0 Å². The van der Waals surface area contributed by atoms with Gasteiger partial charge in [-0.3, -0.25) is 4.72 Å². The molecule has 0 fully saturated rings. The SMILES string of the molecule is COc1ccc(Cl)cc1NS(=O)(=O)CCCCN. The second-order valence-corrected chi connectivity index (χ2v) is 6.04. The van der Waals surface area contributed by atoms with E-state index in [1.165, 1.54) is 13.2 Å². The largest absolute Gasteiger partial charge is 0.495 e. The maximum Gasteiger partial charge on any atom is 0.232 e. The molecule has 102 valence electrons. The normalized spacial score (nSPS) is 11.3. The van der Waals surface area contributed by atoms with Gasteiger partial charge in [0.2, 0.25) is 10.0 Å². The number of hydrogen-bond acceptors (Lipinski definition) is 4. The highest BCUT2D eigenvalue weighted by Gasteiger charge is 2.13. The van der Waals surface area contributed by atoms with Crippen molar-refractivity contribution in [3.05, 3.63) is 23.2 Å². The zero-order chi connectivity index (χ0) is 13.6. The molecule has 0 aliphatic rings. The van der Waals surface area contributed by atoms with E-state index >= 15 is 0 Å². The molecule has 0 heterocycles. The summed E-state index contributed by atoms with van der Waals surface area (Å²) < 4.78 is 31.1. The molecule has 0 aliphatic carbocycles. The minimum Gasteiger partial charge on any atom is -0.495 e. The zero-order valence-corrected chi connectivity index (χ0v) is 11.7. The lowest BCUT2D eigenvalue weighted by Crippen LogP contribution is -2.18. The highest BCUT2D eigenvalue weighted by Crippen LogP contribution is 2.28. The number of unbranched alkanes of at least 4 members (excludes halogenated alkanes) is 1. The molecule has 1 aromatic rings. The van der Waals surface area contributed by atoms with Crippen LogP contribution in [0.3, 0.4) is 0 Å². The monoisotopic (exact) mass is 292 g/mol. The van der Waals surface area contributed by atoms with Crippen LogP contribution in [0.2, 0.25) is 5.02 Å². The van der Waals surface area contributed by atoms with Gasteiger partial charge in [-0.2, -0.15) is 0 Å². The molecule has 0 spiro atoms. The van der Waals surface area contributed by atoms with Crippen molar-refractivity contribution in [2.24, 2.45) is 5.73 Å². The summed E-state index contributed by atoms with van der Waals surface area (Å²) in [7, 11) is -1.93. The Balaban J connectivity index is 2.79. The summed E-state index contributed by atoms with van der Waals surface area (Å²) >= 11 is 5.82. The van der Waals surface area contributed by atoms with Crippen molar-refractivity contribution >= 4 is 27.3 Å². The molecule has 0 saturated carbocycles. The minimum absolute atomic E-state index is 0.0276. The Morgan fingerprint density at radius 1 is 1.39 bits per heavy atom. The Kier molecular flexibility index (Phi) is 5.71. The number of halogens is 1. The third kappa shape index (κ3) is 4.72. The molecule has 18 heavy (non-hydrogen) atoms. The van der Waals surface area contributed by atoms with Crippen LogP contribution >= 0.6 is 11.6 Å². The van der Waals surface area contributed by atoms with Crippen molar-refractivity contribution in [1.82, 2.24) is 0 Å². The molecule has 0 aromatic heterocycles. The smallest absolute Gasteiger partial charge is 0.232 e. The first kappa shape index (κ1) is 15.1. The van der Waals surface area contributed by atoms with Gasteiger partial charge in [-0.25, -0.2) is 8.42 Å². The lowest BCUT2D eigenvalue weighted by Gasteiger charge is -2.11. The average Bonchev–Trinajstić information content (AvgIpc) is 2.29. The highest BCUT2D eigenvalue weighted by atomic mass is 35.5. The van der Waals surface area contributed by atoms with Crippen LogP contribution in [0, 0.1) is 0 Å². The Morgan fingerprint density at radius 2 is 2.11 bits per heavy atom. The third-order valence-corrected chi connectivity index (χ3v) is 3.89. The average molecular weight is 293 g/mol. The van der Waals surface area contributed by atoms with Crippen LogP contribution in [0.1, 0.15) is 12.8 Å². The van der Waals surface area contributed by atoms with E-state index in [0.717, 1.165) is 0 Å². The van der Waals surface area contributed by atoms with Crippen molar-refractivity contribution in [3.63, 3.8) is 0 Å². The van der Waals surface area contributed by atoms with Crippen molar-refractivity contribution in [2.75, 3.05) is 24.1 Å². The molecule has 0 bridgehead atoms. The summed E-state index contributed by atoms with van der Waals surface area (Å²) in [4.78, 5) is 0. The molecule has 0 atom stereocenters. The number of ether oxygens (including phenoxy) is 1. The Bertz CT molecular complexity index is 491. The van der Waals surface area contributed by atoms with Gasteiger partial charge in [0.05, 0.1) is 18.6 Å². The fourth-order valence-electron chi connectivity index (χ4n) is 1.41. The summed E-state index contributed by atoms with van der Waals surface area (Å²) in [5.74, 6) is 0.460. The molecule has 0 radical (unpaired) electrons. The van der Waals surface area contributed by atoms with E-state index < -0.39 is 10.0 Å². The predicted octanol–water partition coefficient (Wildman–Crippen LogP) is 1.83. The zero-order valence-electron chi connectivity index (χ0n) is 10.1. The Labute approximate surface area is 112 Å². The molecule has 0 amide bonds. The van der Waals surface area contributed by atoms with Gasteiger partial charge in [0, 0.05) is 5.02 Å². The summed E-state index contributed by atoms with van der Waals surface area (Å²) in [6, 6.07) is 4.76. The van der Waals surface area contributed by atoms with Crippen molar-refractivity contribution in [1.29, 1.82) is 0 Å². The number of methoxy groups -OCH3 is 1. The van der Waals surface area contributed by atoms with Crippen molar-refractivity contribution in [3.8, 4) is 5.75 Å². The third-order valence-electron chi connectivity index (χ3n) is 2.29. The van der Waals surface area contributed by atoms with Crippen molar-refractivity contribution < 1.29 is 13.2 Å². The van der Waals surface area contributed by atoms with Gasteiger partial charge in [-0.05, 0) is 37.6 Å². The molecule has 0 aliphatic heterocycles. The fraction of sp³-hybridized carbons (Fsp3) is 0.455. The summed E-state index contributed by atoms with van der Waals surface area (Å²) in [5, 5.41) is 0.440. The first-order chi connectivity index (χ1) is 8.48. The molecule has 1 aromatic carbocycles. The van der Waals surface area contributed by atoms with E-state index in [-0.39, 0.29) is 5.75 Å². The van der Waals surface area contributed by atoms with Crippen LogP contribution in [0.4, 0.5) is 5.69 Å². The number of benzene rings is 1. The summed E-state index contributed by atoms with van der Waals surface area (Å²) in [6.07, 6.45) is 1.20. The molecule has 5 nitrogen and oxygen atoms in total. The van der Waals surface area contributed by atoms with Crippen LogP contribution < -0.4 is 15.2 Å². The topological polar surface area (TPSA) is 81.4 Å². The van der Waals surface area contributed by atoms with E-state index in [4.69, 9.17) is 22.1 Å². The van der Waals surface area contributed by atoms with E-state index in [9.17, 15) is 8.42 Å². The molecule has 0 saturated heterocycles. The van der Waals surface area contributed by atoms with Crippen molar-refractivity contribution in [2.45, 2.75) is 12.8 Å². The maximum atomic E-state index is 11.8. The van der Waals surface area contributed by atoms with Gasteiger partial charge in [-0.15, -0.1) is 0 Å². The predicted molar refractivity (Wildman–Crippen MR) is 73.7 cm³/mol. The summed E-state index contributed by atoms with van der Waals surface area (Å²) in [6.45, 7) is 0.482. The molecule has 1 rings (SSSR count). The van der Waals surface area contributed by atoms with Crippen LogP contribution in [0.5, 0.6) is 5.75 Å². The highest BCUT2D eigenvalue weighted by molar-refractivity contribution is 7.92. The van der Waals surface area contributed by atoms with Gasteiger partial charge in [0.15, 0.2) is 0 Å². The molecule has 7 heteroatoms. The van der Waals surface area contributed by atoms with E-state index in [1.54, 1.807) is 12.1 Å². The van der Waals surface area contributed by atoms with Gasteiger partial charge in [0.1, 0.15) is 5.75 Å². The van der Waals surface area contributed by atoms with Gasteiger partial charge < -0.3 is 10.5 Å². The van der Waals surface area contributed by atoms with Crippen LogP contribution in [0.25, 0.3) is 0 Å². The number of rotatable bonds is 7. The molecule has 0 unspecified atom stereocenters. The first-order valence-corrected chi connectivity index (χ1v) is 7.55. The fourth-order valence-corrected chi connectivity index (χ4v) is 2.77. The van der Waals surface area contributed by atoms with E-state index in [1.807, 2.05) is 0 Å². The quantitative estimate of drug-likeness (QED) is 0.751. The second-order valence-electron chi connectivity index (χ2n) is 3.76.